The highest BCUT2D eigenvalue weighted by molar-refractivity contribution is 5.68. The molecule has 0 spiro atoms. The fourth-order valence-corrected chi connectivity index (χ4v) is 2.34. The number of anilines is 1. The number of carboxylic acids is 1. The maximum absolute atomic E-state index is 10.7. The molecule has 0 saturated carbocycles. The van der Waals surface area contributed by atoms with Crippen molar-refractivity contribution in [1.29, 1.82) is 0 Å². The monoisotopic (exact) mass is 205 g/mol. The summed E-state index contributed by atoms with van der Waals surface area (Å²) in [6.07, 6.45) is 3.31. The minimum atomic E-state index is -0.727. The molecule has 1 aromatic carbocycles. The predicted octanol–water partition coefficient (Wildman–Crippen LogP) is 2.16. The Kier molecular flexibility index (Phi) is 2.62. The minimum absolute atomic E-state index is 0.148. The Bertz CT molecular complexity index is 387. The summed E-state index contributed by atoms with van der Waals surface area (Å²) in [6.45, 7) is 0. The van der Waals surface area contributed by atoms with Crippen molar-refractivity contribution in [1.82, 2.24) is 0 Å². The molecule has 0 heterocycles. The molecular weight excluding hydrogens is 190 g/mol. The van der Waals surface area contributed by atoms with Gasteiger partial charge in [0.05, 0.1) is 6.42 Å². The number of nitrogen functional groups attached to an aromatic ring is 1. The molecule has 1 aromatic rings. The van der Waals surface area contributed by atoms with Gasteiger partial charge in [0.25, 0.3) is 0 Å². The number of aryl methyl sites for hydroxylation is 1. The first-order valence-electron chi connectivity index (χ1n) is 5.27. The summed E-state index contributed by atoms with van der Waals surface area (Å²) in [5.74, 6) is -0.579. The van der Waals surface area contributed by atoms with Gasteiger partial charge in [0.15, 0.2) is 0 Å². The molecule has 2 rings (SSSR count). The standard InChI is InChI=1S/C12H15NO2/c13-10-5-4-8-2-1-3-9(6-12(14)15)11(8)7-10/h4-5,7,9H,1-3,6,13H2,(H,14,15). The average molecular weight is 205 g/mol. The number of aliphatic carboxylic acids is 1. The summed E-state index contributed by atoms with van der Waals surface area (Å²) in [6, 6.07) is 5.85. The van der Waals surface area contributed by atoms with Crippen molar-refractivity contribution < 1.29 is 9.90 Å². The van der Waals surface area contributed by atoms with E-state index in [1.54, 1.807) is 0 Å². The maximum atomic E-state index is 10.7. The van der Waals surface area contributed by atoms with Crippen LogP contribution in [0, 0.1) is 0 Å². The number of hydrogen-bond acceptors (Lipinski definition) is 2. The van der Waals surface area contributed by atoms with E-state index in [1.165, 1.54) is 5.56 Å². The SMILES string of the molecule is Nc1ccc2c(c1)C(CC(=O)O)CCC2. The van der Waals surface area contributed by atoms with Crippen LogP contribution in [0.1, 0.15) is 36.3 Å². The second-order valence-electron chi connectivity index (χ2n) is 4.15. The first-order valence-corrected chi connectivity index (χ1v) is 5.27. The Labute approximate surface area is 88.9 Å². The van der Waals surface area contributed by atoms with Crippen LogP contribution in [-0.4, -0.2) is 11.1 Å². The molecule has 3 N–H and O–H groups in total. The van der Waals surface area contributed by atoms with Crippen molar-refractivity contribution in [3.05, 3.63) is 29.3 Å². The first-order chi connectivity index (χ1) is 7.16. The number of carboxylic acid groups (broad SMARTS) is 1. The van der Waals surface area contributed by atoms with E-state index in [0.717, 1.165) is 30.5 Å². The second-order valence-corrected chi connectivity index (χ2v) is 4.15. The Morgan fingerprint density at radius 2 is 2.33 bits per heavy atom. The highest BCUT2D eigenvalue weighted by atomic mass is 16.4. The molecule has 1 aliphatic rings. The van der Waals surface area contributed by atoms with Crippen LogP contribution in [0.3, 0.4) is 0 Å². The number of rotatable bonds is 2. The van der Waals surface area contributed by atoms with E-state index in [-0.39, 0.29) is 12.3 Å². The largest absolute Gasteiger partial charge is 0.481 e. The number of nitrogens with two attached hydrogens (primary N) is 1. The lowest BCUT2D eigenvalue weighted by Gasteiger charge is -2.24. The van der Waals surface area contributed by atoms with E-state index in [0.29, 0.717) is 0 Å². The predicted molar refractivity (Wildman–Crippen MR) is 58.8 cm³/mol. The van der Waals surface area contributed by atoms with Crippen molar-refractivity contribution in [3.63, 3.8) is 0 Å². The lowest BCUT2D eigenvalue weighted by molar-refractivity contribution is -0.137. The normalized spacial score (nSPS) is 19.6. The Morgan fingerprint density at radius 1 is 1.53 bits per heavy atom. The fraction of sp³-hybridized carbons (Fsp3) is 0.417. The van der Waals surface area contributed by atoms with Gasteiger partial charge in [-0.3, -0.25) is 4.79 Å². The summed E-state index contributed by atoms with van der Waals surface area (Å²) in [5.41, 5.74) is 8.86. The second kappa shape index (κ2) is 3.93. The molecule has 0 fully saturated rings. The van der Waals surface area contributed by atoms with Gasteiger partial charge in [-0.2, -0.15) is 0 Å². The lowest BCUT2D eigenvalue weighted by Crippen LogP contribution is -2.13. The molecule has 1 aliphatic carbocycles. The number of carbonyl (C=O) groups is 1. The van der Waals surface area contributed by atoms with Gasteiger partial charge in [0.2, 0.25) is 0 Å². The molecule has 0 aliphatic heterocycles. The zero-order valence-corrected chi connectivity index (χ0v) is 8.57. The highest BCUT2D eigenvalue weighted by Gasteiger charge is 2.22. The zero-order valence-electron chi connectivity index (χ0n) is 8.57. The van der Waals surface area contributed by atoms with Gasteiger partial charge in [0.1, 0.15) is 0 Å². The number of fused-ring (bicyclic) bond motifs is 1. The molecule has 0 radical (unpaired) electrons. The molecule has 1 atom stereocenters. The third kappa shape index (κ3) is 2.12. The Balaban J connectivity index is 2.32. The van der Waals surface area contributed by atoms with E-state index >= 15 is 0 Å². The molecule has 3 nitrogen and oxygen atoms in total. The van der Waals surface area contributed by atoms with Crippen LogP contribution in [0.4, 0.5) is 5.69 Å². The topological polar surface area (TPSA) is 63.3 Å². The smallest absolute Gasteiger partial charge is 0.303 e. The van der Waals surface area contributed by atoms with Crippen LogP contribution in [0.5, 0.6) is 0 Å². The molecular formula is C12H15NO2. The van der Waals surface area contributed by atoms with Gasteiger partial charge >= 0.3 is 5.97 Å². The van der Waals surface area contributed by atoms with Crippen LogP contribution in [0.15, 0.2) is 18.2 Å². The number of hydrogen-bond donors (Lipinski definition) is 2. The molecule has 0 bridgehead atoms. The van der Waals surface area contributed by atoms with Crippen molar-refractivity contribution in [3.8, 4) is 0 Å². The van der Waals surface area contributed by atoms with Crippen LogP contribution in [-0.2, 0) is 11.2 Å². The Morgan fingerprint density at radius 3 is 3.07 bits per heavy atom. The summed E-state index contributed by atoms with van der Waals surface area (Å²) >= 11 is 0. The molecule has 0 amide bonds. The van der Waals surface area contributed by atoms with E-state index in [9.17, 15) is 4.79 Å². The van der Waals surface area contributed by atoms with Gasteiger partial charge in [-0.15, -0.1) is 0 Å². The van der Waals surface area contributed by atoms with Crippen LogP contribution in [0.25, 0.3) is 0 Å². The van der Waals surface area contributed by atoms with Crippen molar-refractivity contribution >= 4 is 11.7 Å². The average Bonchev–Trinajstić information content (AvgIpc) is 2.18. The minimum Gasteiger partial charge on any atom is -0.481 e. The van der Waals surface area contributed by atoms with E-state index < -0.39 is 5.97 Å². The first kappa shape index (κ1) is 10.0. The zero-order chi connectivity index (χ0) is 10.8. The van der Waals surface area contributed by atoms with Crippen LogP contribution < -0.4 is 5.73 Å². The van der Waals surface area contributed by atoms with Crippen molar-refractivity contribution in [2.45, 2.75) is 31.6 Å². The van der Waals surface area contributed by atoms with Crippen molar-refractivity contribution in [2.24, 2.45) is 0 Å². The van der Waals surface area contributed by atoms with Gasteiger partial charge < -0.3 is 10.8 Å². The van der Waals surface area contributed by atoms with Gasteiger partial charge in [-0.1, -0.05) is 6.07 Å². The summed E-state index contributed by atoms with van der Waals surface area (Å²) < 4.78 is 0. The van der Waals surface area contributed by atoms with Crippen molar-refractivity contribution in [2.75, 3.05) is 5.73 Å². The lowest BCUT2D eigenvalue weighted by atomic mass is 9.81. The highest BCUT2D eigenvalue weighted by Crippen LogP contribution is 2.34. The van der Waals surface area contributed by atoms with E-state index in [1.807, 2.05) is 18.2 Å². The van der Waals surface area contributed by atoms with E-state index in [2.05, 4.69) is 0 Å². The summed E-state index contributed by atoms with van der Waals surface area (Å²) in [4.78, 5) is 10.7. The Hall–Kier alpha value is -1.51. The third-order valence-corrected chi connectivity index (χ3v) is 3.03. The van der Waals surface area contributed by atoms with Crippen LogP contribution >= 0.6 is 0 Å². The molecule has 0 saturated heterocycles. The van der Waals surface area contributed by atoms with Gasteiger partial charge in [-0.05, 0) is 48.4 Å². The molecule has 0 aromatic heterocycles. The molecule has 80 valence electrons. The molecule has 15 heavy (non-hydrogen) atoms. The van der Waals surface area contributed by atoms with E-state index in [4.69, 9.17) is 10.8 Å². The summed E-state index contributed by atoms with van der Waals surface area (Å²) in [7, 11) is 0. The maximum Gasteiger partial charge on any atom is 0.303 e. The van der Waals surface area contributed by atoms with Gasteiger partial charge in [-0.25, -0.2) is 0 Å². The third-order valence-electron chi connectivity index (χ3n) is 3.03. The molecule has 1 unspecified atom stereocenters. The van der Waals surface area contributed by atoms with Gasteiger partial charge in [0, 0.05) is 5.69 Å². The fourth-order valence-electron chi connectivity index (χ4n) is 2.34. The number of benzene rings is 1. The quantitative estimate of drug-likeness (QED) is 0.727. The van der Waals surface area contributed by atoms with Crippen LogP contribution in [0.2, 0.25) is 0 Å². The summed E-state index contributed by atoms with van der Waals surface area (Å²) in [5, 5.41) is 8.83. The molecule has 3 heteroatoms.